The molecule has 0 aromatic carbocycles. The molecule has 0 unspecified atom stereocenters. The lowest BCUT2D eigenvalue weighted by Crippen LogP contribution is -2.35. The van der Waals surface area contributed by atoms with Gasteiger partial charge in [-0.1, -0.05) is 20.8 Å². The molecule has 0 saturated heterocycles. The summed E-state index contributed by atoms with van der Waals surface area (Å²) in [6.07, 6.45) is 2.24. The zero-order chi connectivity index (χ0) is 14.3. The SMILES string of the molecule is CCNc1cc(NCC(O)(CC)CC)nc(CC)n1. The Morgan fingerprint density at radius 1 is 1.05 bits per heavy atom. The van der Waals surface area contributed by atoms with Crippen LogP contribution >= 0.6 is 0 Å². The largest absolute Gasteiger partial charge is 0.388 e. The molecule has 19 heavy (non-hydrogen) atoms. The monoisotopic (exact) mass is 266 g/mol. The van der Waals surface area contributed by atoms with Gasteiger partial charge in [0.05, 0.1) is 5.60 Å². The number of nitrogens with one attached hydrogen (secondary N) is 2. The van der Waals surface area contributed by atoms with Gasteiger partial charge in [0.25, 0.3) is 0 Å². The van der Waals surface area contributed by atoms with Gasteiger partial charge in [0, 0.05) is 25.6 Å². The minimum atomic E-state index is -0.671. The van der Waals surface area contributed by atoms with Crippen molar-refractivity contribution in [3.8, 4) is 0 Å². The van der Waals surface area contributed by atoms with Gasteiger partial charge < -0.3 is 15.7 Å². The Morgan fingerprint density at radius 2 is 1.63 bits per heavy atom. The summed E-state index contributed by atoms with van der Waals surface area (Å²) in [4.78, 5) is 8.83. The molecule has 0 amide bonds. The smallest absolute Gasteiger partial charge is 0.132 e. The fourth-order valence-electron chi connectivity index (χ4n) is 1.77. The number of aliphatic hydroxyl groups is 1. The molecule has 0 saturated carbocycles. The summed E-state index contributed by atoms with van der Waals surface area (Å²) in [7, 11) is 0. The Labute approximate surface area is 115 Å². The number of nitrogens with zero attached hydrogens (tertiary/aromatic N) is 2. The molecular weight excluding hydrogens is 240 g/mol. The van der Waals surface area contributed by atoms with E-state index in [4.69, 9.17) is 0 Å². The Hall–Kier alpha value is -1.36. The maximum Gasteiger partial charge on any atom is 0.132 e. The summed E-state index contributed by atoms with van der Waals surface area (Å²) in [5.74, 6) is 2.40. The third kappa shape index (κ3) is 4.67. The van der Waals surface area contributed by atoms with E-state index in [1.807, 2.05) is 33.8 Å². The molecular formula is C14H26N4O. The van der Waals surface area contributed by atoms with Crippen molar-refractivity contribution in [3.63, 3.8) is 0 Å². The Morgan fingerprint density at radius 3 is 2.11 bits per heavy atom. The van der Waals surface area contributed by atoms with Crippen LogP contribution in [0.15, 0.2) is 6.07 Å². The average molecular weight is 266 g/mol. The van der Waals surface area contributed by atoms with Crippen molar-refractivity contribution >= 4 is 11.6 Å². The molecule has 0 aliphatic rings. The zero-order valence-electron chi connectivity index (χ0n) is 12.5. The van der Waals surface area contributed by atoms with Crippen molar-refractivity contribution in [2.45, 2.75) is 52.6 Å². The predicted molar refractivity (Wildman–Crippen MR) is 79.6 cm³/mol. The van der Waals surface area contributed by atoms with Crippen molar-refractivity contribution in [1.29, 1.82) is 0 Å². The van der Waals surface area contributed by atoms with Crippen molar-refractivity contribution in [2.24, 2.45) is 0 Å². The van der Waals surface area contributed by atoms with Crippen LogP contribution in [-0.4, -0.2) is 33.8 Å². The van der Waals surface area contributed by atoms with Crippen molar-refractivity contribution < 1.29 is 5.11 Å². The van der Waals surface area contributed by atoms with Gasteiger partial charge >= 0.3 is 0 Å². The molecule has 0 aliphatic heterocycles. The summed E-state index contributed by atoms with van der Waals surface area (Å²) in [5.41, 5.74) is -0.671. The first kappa shape index (κ1) is 15.7. The molecule has 3 N–H and O–H groups in total. The van der Waals surface area contributed by atoms with E-state index in [0.29, 0.717) is 6.54 Å². The van der Waals surface area contributed by atoms with E-state index in [0.717, 1.165) is 43.3 Å². The quantitative estimate of drug-likeness (QED) is 0.674. The van der Waals surface area contributed by atoms with Crippen molar-refractivity contribution in [3.05, 3.63) is 11.9 Å². The van der Waals surface area contributed by atoms with Crippen LogP contribution in [0.5, 0.6) is 0 Å². The fourth-order valence-corrected chi connectivity index (χ4v) is 1.77. The van der Waals surface area contributed by atoms with Crippen LogP contribution in [0.4, 0.5) is 11.6 Å². The van der Waals surface area contributed by atoms with Gasteiger partial charge in [-0.3, -0.25) is 0 Å². The standard InChI is InChI=1S/C14H26N4O/c1-5-11-17-12(15-8-4)9-13(18-11)16-10-14(19,6-2)7-3/h9,19H,5-8,10H2,1-4H3,(H2,15,16,17,18). The molecule has 1 aromatic rings. The van der Waals surface area contributed by atoms with E-state index in [2.05, 4.69) is 20.6 Å². The molecule has 108 valence electrons. The van der Waals surface area contributed by atoms with Crippen LogP contribution in [0, 0.1) is 0 Å². The van der Waals surface area contributed by atoms with Gasteiger partial charge in [-0.05, 0) is 19.8 Å². The molecule has 0 atom stereocenters. The predicted octanol–water partition coefficient (Wildman–Crippen LogP) is 2.43. The first-order valence-corrected chi connectivity index (χ1v) is 7.15. The highest BCUT2D eigenvalue weighted by atomic mass is 16.3. The summed E-state index contributed by atoms with van der Waals surface area (Å²) < 4.78 is 0. The van der Waals surface area contributed by atoms with E-state index in [-0.39, 0.29) is 0 Å². The van der Waals surface area contributed by atoms with Crippen molar-refractivity contribution in [1.82, 2.24) is 9.97 Å². The van der Waals surface area contributed by atoms with Gasteiger partial charge in [-0.15, -0.1) is 0 Å². The third-order valence-electron chi connectivity index (χ3n) is 3.36. The fraction of sp³-hybridized carbons (Fsp3) is 0.714. The first-order valence-electron chi connectivity index (χ1n) is 7.15. The van der Waals surface area contributed by atoms with Crippen molar-refractivity contribution in [2.75, 3.05) is 23.7 Å². The average Bonchev–Trinajstić information content (AvgIpc) is 2.45. The second kappa shape index (κ2) is 7.28. The van der Waals surface area contributed by atoms with Crippen LogP contribution in [-0.2, 0) is 6.42 Å². The molecule has 0 fully saturated rings. The molecule has 5 heteroatoms. The summed E-state index contributed by atoms with van der Waals surface area (Å²) in [6, 6.07) is 1.88. The number of rotatable bonds is 8. The second-order valence-corrected chi connectivity index (χ2v) is 4.72. The summed E-state index contributed by atoms with van der Waals surface area (Å²) >= 11 is 0. The third-order valence-corrected chi connectivity index (χ3v) is 3.36. The molecule has 5 nitrogen and oxygen atoms in total. The van der Waals surface area contributed by atoms with Gasteiger partial charge in [0.1, 0.15) is 17.5 Å². The Balaban J connectivity index is 2.79. The molecule has 0 aliphatic carbocycles. The highest BCUT2D eigenvalue weighted by Crippen LogP contribution is 2.17. The molecule has 0 spiro atoms. The first-order chi connectivity index (χ1) is 9.06. The lowest BCUT2D eigenvalue weighted by atomic mass is 9.98. The lowest BCUT2D eigenvalue weighted by Gasteiger charge is -2.25. The summed E-state index contributed by atoms with van der Waals surface area (Å²) in [5, 5.41) is 16.7. The molecule has 1 rings (SSSR count). The minimum Gasteiger partial charge on any atom is -0.388 e. The van der Waals surface area contributed by atoms with Gasteiger partial charge in [0.15, 0.2) is 0 Å². The van der Waals surface area contributed by atoms with Crippen LogP contribution < -0.4 is 10.6 Å². The number of anilines is 2. The molecule has 1 aromatic heterocycles. The van der Waals surface area contributed by atoms with Crippen LogP contribution in [0.25, 0.3) is 0 Å². The number of aryl methyl sites for hydroxylation is 1. The summed E-state index contributed by atoms with van der Waals surface area (Å²) in [6.45, 7) is 9.38. The van der Waals surface area contributed by atoms with Crippen LogP contribution in [0.3, 0.4) is 0 Å². The highest BCUT2D eigenvalue weighted by Gasteiger charge is 2.21. The zero-order valence-corrected chi connectivity index (χ0v) is 12.5. The molecule has 0 bridgehead atoms. The van der Waals surface area contributed by atoms with E-state index in [1.54, 1.807) is 0 Å². The van der Waals surface area contributed by atoms with E-state index < -0.39 is 5.60 Å². The van der Waals surface area contributed by atoms with Crippen LogP contribution in [0.2, 0.25) is 0 Å². The van der Waals surface area contributed by atoms with E-state index in [1.165, 1.54) is 0 Å². The lowest BCUT2D eigenvalue weighted by molar-refractivity contribution is 0.0456. The topological polar surface area (TPSA) is 70.1 Å². The van der Waals surface area contributed by atoms with Gasteiger partial charge in [-0.25, -0.2) is 9.97 Å². The second-order valence-electron chi connectivity index (χ2n) is 4.72. The highest BCUT2D eigenvalue weighted by molar-refractivity contribution is 5.47. The van der Waals surface area contributed by atoms with Gasteiger partial charge in [0.2, 0.25) is 0 Å². The van der Waals surface area contributed by atoms with E-state index in [9.17, 15) is 5.11 Å². The Kier molecular flexibility index (Phi) is 6.02. The number of hydrogen-bond acceptors (Lipinski definition) is 5. The van der Waals surface area contributed by atoms with E-state index >= 15 is 0 Å². The Bertz CT molecular complexity index is 391. The minimum absolute atomic E-state index is 0.506. The maximum absolute atomic E-state index is 10.3. The number of aromatic nitrogens is 2. The maximum atomic E-state index is 10.3. The molecule has 1 heterocycles. The normalized spacial score (nSPS) is 11.4. The molecule has 0 radical (unpaired) electrons. The van der Waals surface area contributed by atoms with Crippen LogP contribution in [0.1, 0.15) is 46.4 Å². The number of hydrogen-bond donors (Lipinski definition) is 3. The van der Waals surface area contributed by atoms with Gasteiger partial charge in [-0.2, -0.15) is 0 Å².